The molecule has 0 aliphatic heterocycles. The van der Waals surface area contributed by atoms with E-state index < -0.39 is 12.1 Å². The highest BCUT2D eigenvalue weighted by atomic mass is 16.6. The van der Waals surface area contributed by atoms with Crippen molar-refractivity contribution in [3.8, 4) is 0 Å². The molecule has 0 N–H and O–H groups in total. The highest BCUT2D eigenvalue weighted by molar-refractivity contribution is 5.71. The van der Waals surface area contributed by atoms with Crippen molar-refractivity contribution in [1.29, 1.82) is 0 Å². The molecule has 1 unspecified atom stereocenters. The number of rotatable bonds is 33. The van der Waals surface area contributed by atoms with Gasteiger partial charge in [-0.1, -0.05) is 173 Å². The predicted octanol–water partition coefficient (Wildman–Crippen LogP) is 13.0. The van der Waals surface area contributed by atoms with Gasteiger partial charge in [0.2, 0.25) is 0 Å². The molecule has 0 aliphatic carbocycles. The molecule has 0 rings (SSSR count). The summed E-state index contributed by atoms with van der Waals surface area (Å²) in [4.78, 5) is 37.6. The fourth-order valence-corrected chi connectivity index (χ4v) is 4.56. The Labute approximate surface area is 334 Å². The lowest BCUT2D eigenvalue weighted by Gasteiger charge is -2.18. The van der Waals surface area contributed by atoms with Crippen LogP contribution >= 0.6 is 0 Å². The van der Waals surface area contributed by atoms with E-state index in [1.165, 1.54) is 0 Å². The van der Waals surface area contributed by atoms with E-state index in [-0.39, 0.29) is 44.4 Å². The molecule has 0 aromatic rings. The maximum atomic E-state index is 12.7. The molecule has 6 heteroatoms. The first-order valence-electron chi connectivity index (χ1n) is 20.5. The van der Waals surface area contributed by atoms with Crippen LogP contribution < -0.4 is 0 Å². The summed E-state index contributed by atoms with van der Waals surface area (Å²) in [6.45, 7) is 6.02. The molecule has 0 spiro atoms. The minimum absolute atomic E-state index is 0.151. The Morgan fingerprint density at radius 3 is 1.25 bits per heavy atom. The Balaban J connectivity index is 4.70. The molecule has 0 bridgehead atoms. The molecule has 0 fully saturated rings. The number of ether oxygens (including phenoxy) is 3. The molecular formula is C49H70O6. The van der Waals surface area contributed by atoms with Gasteiger partial charge in [-0.25, -0.2) is 0 Å². The van der Waals surface area contributed by atoms with Gasteiger partial charge in [-0.3, -0.25) is 14.4 Å². The maximum Gasteiger partial charge on any atom is 0.306 e. The number of esters is 3. The van der Waals surface area contributed by atoms with Crippen molar-refractivity contribution in [3.63, 3.8) is 0 Å². The monoisotopic (exact) mass is 755 g/mol. The average Bonchev–Trinajstić information content (AvgIpc) is 3.18. The van der Waals surface area contributed by atoms with E-state index >= 15 is 0 Å². The molecule has 0 amide bonds. The predicted molar refractivity (Wildman–Crippen MR) is 232 cm³/mol. The van der Waals surface area contributed by atoms with Crippen molar-refractivity contribution in [1.82, 2.24) is 0 Å². The molecule has 6 nitrogen and oxygen atoms in total. The van der Waals surface area contributed by atoms with Crippen LogP contribution in [0.1, 0.15) is 124 Å². The molecule has 0 aromatic heterocycles. The van der Waals surface area contributed by atoms with Crippen LogP contribution in [-0.2, 0) is 28.6 Å². The number of unbranched alkanes of at least 4 members (excludes halogenated alkanes) is 5. The number of allylic oxidation sites excluding steroid dienone is 24. The second-order valence-electron chi connectivity index (χ2n) is 12.6. The minimum Gasteiger partial charge on any atom is -0.462 e. The largest absolute Gasteiger partial charge is 0.462 e. The third kappa shape index (κ3) is 40.3. The zero-order valence-electron chi connectivity index (χ0n) is 34.1. The van der Waals surface area contributed by atoms with Crippen LogP contribution in [0.2, 0.25) is 0 Å². The summed E-state index contributed by atoms with van der Waals surface area (Å²) in [5.41, 5.74) is 0. The fourth-order valence-electron chi connectivity index (χ4n) is 4.56. The zero-order valence-corrected chi connectivity index (χ0v) is 34.1. The minimum atomic E-state index is -0.851. The quantitative estimate of drug-likeness (QED) is 0.0218. The van der Waals surface area contributed by atoms with Gasteiger partial charge in [0.25, 0.3) is 0 Å². The molecule has 0 aliphatic rings. The van der Waals surface area contributed by atoms with E-state index in [4.69, 9.17) is 14.2 Å². The lowest BCUT2D eigenvalue weighted by Crippen LogP contribution is -2.30. The van der Waals surface area contributed by atoms with Crippen LogP contribution in [0.4, 0.5) is 0 Å². The van der Waals surface area contributed by atoms with Crippen molar-refractivity contribution in [2.45, 2.75) is 130 Å². The Bertz CT molecular complexity index is 1330. The van der Waals surface area contributed by atoms with E-state index in [0.717, 1.165) is 64.2 Å². The molecule has 0 radical (unpaired) electrons. The normalized spacial score (nSPS) is 13.6. The second-order valence-corrected chi connectivity index (χ2v) is 12.6. The van der Waals surface area contributed by atoms with Crippen LogP contribution in [0.3, 0.4) is 0 Å². The van der Waals surface area contributed by atoms with Gasteiger partial charge in [0.05, 0.1) is 0 Å². The van der Waals surface area contributed by atoms with Crippen molar-refractivity contribution < 1.29 is 28.6 Å². The molecule has 0 saturated heterocycles. The molecule has 0 heterocycles. The van der Waals surface area contributed by atoms with Crippen LogP contribution in [0.25, 0.3) is 0 Å². The third-order valence-corrected chi connectivity index (χ3v) is 7.54. The summed E-state index contributed by atoms with van der Waals surface area (Å²) < 4.78 is 16.5. The van der Waals surface area contributed by atoms with E-state index in [0.29, 0.717) is 19.3 Å². The van der Waals surface area contributed by atoms with Crippen LogP contribution in [0.5, 0.6) is 0 Å². The van der Waals surface area contributed by atoms with Crippen molar-refractivity contribution in [3.05, 3.63) is 146 Å². The molecular weight excluding hydrogens is 685 g/mol. The number of hydrogen-bond acceptors (Lipinski definition) is 6. The highest BCUT2D eigenvalue weighted by Gasteiger charge is 2.19. The fraction of sp³-hybridized carbons (Fsp3) is 0.449. The van der Waals surface area contributed by atoms with E-state index in [2.05, 4.69) is 75.5 Å². The smallest absolute Gasteiger partial charge is 0.306 e. The molecule has 0 saturated carbocycles. The highest BCUT2D eigenvalue weighted by Crippen LogP contribution is 2.09. The van der Waals surface area contributed by atoms with Gasteiger partial charge < -0.3 is 14.2 Å². The summed E-state index contributed by atoms with van der Waals surface area (Å²) in [6.07, 6.45) is 59.9. The van der Waals surface area contributed by atoms with E-state index in [1.54, 1.807) is 0 Å². The Morgan fingerprint density at radius 2 is 0.764 bits per heavy atom. The molecule has 1 atom stereocenters. The first-order valence-corrected chi connectivity index (χ1v) is 20.5. The van der Waals surface area contributed by atoms with E-state index in [9.17, 15) is 14.4 Å². The lowest BCUT2D eigenvalue weighted by molar-refractivity contribution is -0.167. The number of hydrogen-bond donors (Lipinski definition) is 0. The van der Waals surface area contributed by atoms with Gasteiger partial charge in [0.15, 0.2) is 6.10 Å². The van der Waals surface area contributed by atoms with Crippen molar-refractivity contribution in [2.75, 3.05) is 13.2 Å². The summed E-state index contributed by atoms with van der Waals surface area (Å²) >= 11 is 0. The Hall–Kier alpha value is -4.71. The summed E-state index contributed by atoms with van der Waals surface area (Å²) in [7, 11) is 0. The van der Waals surface area contributed by atoms with Crippen molar-refractivity contribution >= 4 is 17.9 Å². The van der Waals surface area contributed by atoms with Crippen molar-refractivity contribution in [2.24, 2.45) is 0 Å². The maximum absolute atomic E-state index is 12.7. The Kier molecular flexibility index (Phi) is 38.4. The number of carbonyl (C=O) groups excluding carboxylic acids is 3. The van der Waals surface area contributed by atoms with Gasteiger partial charge in [0, 0.05) is 19.3 Å². The standard InChI is InChI=1S/C49H70O6/c1-4-7-10-13-16-19-22-24-27-30-33-36-39-42-48(51)54-45-46(44-53-47(50)41-38-35-32-29-26-21-18-15-12-9-6-3)55-49(52)43-40-37-34-31-28-25-23-20-17-14-11-8-5-2/h7-14,16-25,27-30,32-33,46H,4-6,15,26,31,34-45H2,1-3H3/b10-7-,11-8-,12-9-,16-13-,17-14-,21-18-,22-19-,23-20-,27-24-,28-25-,32-29-,33-30-. The second kappa shape index (κ2) is 42.0. The Morgan fingerprint density at radius 1 is 0.382 bits per heavy atom. The van der Waals surface area contributed by atoms with E-state index in [1.807, 2.05) is 91.1 Å². The lowest BCUT2D eigenvalue weighted by atomic mass is 10.1. The molecule has 302 valence electrons. The summed E-state index contributed by atoms with van der Waals surface area (Å²) in [5.74, 6) is -1.14. The zero-order chi connectivity index (χ0) is 40.1. The van der Waals surface area contributed by atoms with Crippen LogP contribution in [0.15, 0.2) is 146 Å². The first-order chi connectivity index (χ1) is 27.0. The summed E-state index contributed by atoms with van der Waals surface area (Å²) in [6, 6.07) is 0. The molecule has 55 heavy (non-hydrogen) atoms. The average molecular weight is 755 g/mol. The van der Waals surface area contributed by atoms with Gasteiger partial charge in [-0.15, -0.1) is 0 Å². The third-order valence-electron chi connectivity index (χ3n) is 7.54. The first kappa shape index (κ1) is 50.3. The van der Waals surface area contributed by atoms with Gasteiger partial charge in [0.1, 0.15) is 13.2 Å². The van der Waals surface area contributed by atoms with Gasteiger partial charge >= 0.3 is 17.9 Å². The van der Waals surface area contributed by atoms with Crippen LogP contribution in [-0.4, -0.2) is 37.2 Å². The SMILES string of the molecule is CC\C=C/C=C\C=C/C=C\C=C/CCCC(=O)OCC(COC(=O)CCC/C=C\C/C=C\C/C=C\CC)OC(=O)CCCCC\C=C/C=C\C=C/C=C\CC. The van der Waals surface area contributed by atoms with Gasteiger partial charge in [-0.05, 0) is 77.0 Å². The topological polar surface area (TPSA) is 78.9 Å². The summed E-state index contributed by atoms with van der Waals surface area (Å²) in [5, 5.41) is 0. The number of carbonyl (C=O) groups is 3. The van der Waals surface area contributed by atoms with Crippen LogP contribution in [0, 0.1) is 0 Å². The molecule has 0 aromatic carbocycles. The van der Waals surface area contributed by atoms with Gasteiger partial charge in [-0.2, -0.15) is 0 Å².